The fourth-order valence-corrected chi connectivity index (χ4v) is 1.94. The molecule has 21 heavy (non-hydrogen) atoms. The van der Waals surface area contributed by atoms with Gasteiger partial charge in [0.15, 0.2) is 0 Å². The molecule has 114 valence electrons. The van der Waals surface area contributed by atoms with E-state index in [9.17, 15) is 9.59 Å². The van der Waals surface area contributed by atoms with E-state index in [4.69, 9.17) is 9.84 Å². The summed E-state index contributed by atoms with van der Waals surface area (Å²) in [6, 6.07) is 8.86. The van der Waals surface area contributed by atoms with Crippen molar-refractivity contribution in [3.8, 4) is 0 Å². The molecule has 0 radical (unpaired) electrons. The molecule has 1 saturated heterocycles. The van der Waals surface area contributed by atoms with E-state index in [0.717, 1.165) is 5.56 Å². The maximum absolute atomic E-state index is 11.4. The second kappa shape index (κ2) is 7.61. The number of esters is 1. The topological polar surface area (TPSA) is 96.9 Å². The Balaban J connectivity index is 1.56. The normalized spacial score (nSPS) is 20.9. The number of rotatable bonds is 6. The molecule has 1 aromatic rings. The number of amides is 1. The zero-order valence-electron chi connectivity index (χ0n) is 11.5. The fourth-order valence-electron chi connectivity index (χ4n) is 1.94. The summed E-state index contributed by atoms with van der Waals surface area (Å²) >= 11 is 0. The number of benzene rings is 1. The van der Waals surface area contributed by atoms with Gasteiger partial charge in [-0.2, -0.15) is 0 Å². The summed E-state index contributed by atoms with van der Waals surface area (Å²) in [5.74, 6) is -0.478. The predicted octanol–water partition coefficient (Wildman–Crippen LogP) is 0.484. The third kappa shape index (κ3) is 5.05. The van der Waals surface area contributed by atoms with Crippen molar-refractivity contribution in [3.05, 3.63) is 35.9 Å². The zero-order valence-corrected chi connectivity index (χ0v) is 11.5. The lowest BCUT2D eigenvalue weighted by atomic mass is 10.1. The molecule has 1 fully saturated rings. The van der Waals surface area contributed by atoms with Crippen molar-refractivity contribution in [2.24, 2.45) is 0 Å². The van der Waals surface area contributed by atoms with Crippen molar-refractivity contribution in [2.75, 3.05) is 6.54 Å². The molecular weight excluding hydrogens is 276 g/mol. The number of alkyl carbamates (subject to hydrolysis) is 1. The van der Waals surface area contributed by atoms with Crippen molar-refractivity contribution in [3.63, 3.8) is 0 Å². The first-order valence-electron chi connectivity index (χ1n) is 6.74. The molecule has 0 spiro atoms. The second-order valence-corrected chi connectivity index (χ2v) is 4.64. The number of aliphatic hydroxyl groups is 1. The SMILES string of the molecule is O=C(NCCC[C@@H]1NC(O)OC1=O)OCc1ccccc1. The quantitative estimate of drug-likeness (QED) is 0.522. The Hall–Kier alpha value is -2.12. The van der Waals surface area contributed by atoms with Gasteiger partial charge in [-0.05, 0) is 18.4 Å². The van der Waals surface area contributed by atoms with Gasteiger partial charge in [0.25, 0.3) is 6.41 Å². The summed E-state index contributed by atoms with van der Waals surface area (Å²) in [5, 5.41) is 14.2. The van der Waals surface area contributed by atoms with Crippen molar-refractivity contribution >= 4 is 12.1 Å². The minimum atomic E-state index is -1.23. The minimum absolute atomic E-state index is 0.218. The van der Waals surface area contributed by atoms with Crippen LogP contribution in [0.2, 0.25) is 0 Å². The number of hydrogen-bond donors (Lipinski definition) is 3. The summed E-state index contributed by atoms with van der Waals surface area (Å²) in [6.45, 7) is 0.602. The van der Waals surface area contributed by atoms with Crippen LogP contribution in [0, 0.1) is 0 Å². The Bertz CT molecular complexity index is 480. The molecule has 0 aliphatic carbocycles. The fraction of sp³-hybridized carbons (Fsp3) is 0.429. The van der Waals surface area contributed by atoms with Gasteiger partial charge in [-0.1, -0.05) is 30.3 Å². The summed E-state index contributed by atoms with van der Waals surface area (Å²) in [4.78, 5) is 22.7. The molecule has 1 aliphatic rings. The van der Waals surface area contributed by atoms with Gasteiger partial charge in [-0.15, -0.1) is 0 Å². The monoisotopic (exact) mass is 294 g/mol. The molecular formula is C14H18N2O5. The minimum Gasteiger partial charge on any atom is -0.445 e. The molecule has 1 heterocycles. The number of hydrogen-bond acceptors (Lipinski definition) is 6. The van der Waals surface area contributed by atoms with Crippen LogP contribution < -0.4 is 10.6 Å². The maximum Gasteiger partial charge on any atom is 0.407 e. The summed E-state index contributed by atoms with van der Waals surface area (Å²) in [6.07, 6.45) is -0.693. The van der Waals surface area contributed by atoms with E-state index < -0.39 is 24.5 Å². The number of ether oxygens (including phenoxy) is 2. The van der Waals surface area contributed by atoms with E-state index in [1.54, 1.807) is 0 Å². The highest BCUT2D eigenvalue weighted by Gasteiger charge is 2.31. The number of carbonyl (C=O) groups excluding carboxylic acids is 2. The number of carbonyl (C=O) groups is 2. The Morgan fingerprint density at radius 3 is 2.81 bits per heavy atom. The van der Waals surface area contributed by atoms with Crippen molar-refractivity contribution < 1.29 is 24.2 Å². The molecule has 1 aliphatic heterocycles. The average molecular weight is 294 g/mol. The van der Waals surface area contributed by atoms with Gasteiger partial charge in [0.1, 0.15) is 12.6 Å². The van der Waals surface area contributed by atoms with Crippen LogP contribution in [0.3, 0.4) is 0 Å². The average Bonchev–Trinajstić information content (AvgIpc) is 2.80. The highest BCUT2D eigenvalue weighted by Crippen LogP contribution is 2.08. The van der Waals surface area contributed by atoms with E-state index in [-0.39, 0.29) is 6.61 Å². The Morgan fingerprint density at radius 1 is 1.38 bits per heavy atom. The van der Waals surface area contributed by atoms with E-state index in [1.165, 1.54) is 0 Å². The molecule has 1 amide bonds. The van der Waals surface area contributed by atoms with Crippen LogP contribution in [0.4, 0.5) is 4.79 Å². The van der Waals surface area contributed by atoms with Gasteiger partial charge in [-0.3, -0.25) is 4.79 Å². The molecule has 1 unspecified atom stereocenters. The first-order chi connectivity index (χ1) is 10.1. The third-order valence-electron chi connectivity index (χ3n) is 3.01. The molecule has 7 nitrogen and oxygen atoms in total. The predicted molar refractivity (Wildman–Crippen MR) is 72.9 cm³/mol. The molecule has 0 saturated carbocycles. The summed E-state index contributed by atoms with van der Waals surface area (Å²) in [7, 11) is 0. The van der Waals surface area contributed by atoms with Gasteiger partial charge < -0.3 is 19.9 Å². The first kappa shape index (κ1) is 15.3. The van der Waals surface area contributed by atoms with Crippen LogP contribution >= 0.6 is 0 Å². The maximum atomic E-state index is 11.4. The zero-order chi connectivity index (χ0) is 15.1. The largest absolute Gasteiger partial charge is 0.445 e. The van der Waals surface area contributed by atoms with Crippen molar-refractivity contribution in [1.29, 1.82) is 0 Å². The van der Waals surface area contributed by atoms with Gasteiger partial charge in [0, 0.05) is 6.54 Å². The Kier molecular flexibility index (Phi) is 5.53. The lowest BCUT2D eigenvalue weighted by Gasteiger charge is -2.08. The molecule has 0 bridgehead atoms. The van der Waals surface area contributed by atoms with E-state index in [0.29, 0.717) is 19.4 Å². The van der Waals surface area contributed by atoms with Crippen LogP contribution in [-0.4, -0.2) is 36.2 Å². The smallest absolute Gasteiger partial charge is 0.407 e. The van der Waals surface area contributed by atoms with Gasteiger partial charge >= 0.3 is 12.1 Å². The summed E-state index contributed by atoms with van der Waals surface area (Å²) < 4.78 is 9.57. The van der Waals surface area contributed by atoms with Crippen molar-refractivity contribution in [2.45, 2.75) is 31.9 Å². The molecule has 3 N–H and O–H groups in total. The second-order valence-electron chi connectivity index (χ2n) is 4.64. The lowest BCUT2D eigenvalue weighted by Crippen LogP contribution is -2.33. The molecule has 2 atom stereocenters. The molecule has 1 aromatic carbocycles. The van der Waals surface area contributed by atoms with Crippen LogP contribution in [0.15, 0.2) is 30.3 Å². The standard InChI is InChI=1S/C14H18N2O5/c17-12-11(16-14(19)21-12)7-4-8-15-13(18)20-9-10-5-2-1-3-6-10/h1-3,5-6,11,14,16,19H,4,7-9H2,(H,15,18)/t11-,14?/m0/s1. The van der Waals surface area contributed by atoms with Gasteiger partial charge in [-0.25, -0.2) is 10.1 Å². The Labute approximate surface area is 122 Å². The lowest BCUT2D eigenvalue weighted by molar-refractivity contribution is -0.155. The van der Waals surface area contributed by atoms with E-state index in [1.807, 2.05) is 30.3 Å². The summed E-state index contributed by atoms with van der Waals surface area (Å²) in [5.41, 5.74) is 0.916. The van der Waals surface area contributed by atoms with Crippen molar-refractivity contribution in [1.82, 2.24) is 10.6 Å². The van der Waals surface area contributed by atoms with Gasteiger partial charge in [0.05, 0.1) is 0 Å². The number of nitrogens with one attached hydrogen (secondary N) is 2. The highest BCUT2D eigenvalue weighted by atomic mass is 16.7. The van der Waals surface area contributed by atoms with Crippen LogP contribution in [0.25, 0.3) is 0 Å². The van der Waals surface area contributed by atoms with Crippen LogP contribution in [0.5, 0.6) is 0 Å². The van der Waals surface area contributed by atoms with Crippen LogP contribution in [-0.2, 0) is 20.9 Å². The third-order valence-corrected chi connectivity index (χ3v) is 3.01. The Morgan fingerprint density at radius 2 is 2.14 bits per heavy atom. The van der Waals surface area contributed by atoms with Crippen LogP contribution in [0.1, 0.15) is 18.4 Å². The molecule has 2 rings (SSSR count). The van der Waals surface area contributed by atoms with E-state index >= 15 is 0 Å². The molecule has 0 aromatic heterocycles. The molecule has 7 heteroatoms. The van der Waals surface area contributed by atoms with Gasteiger partial charge in [0.2, 0.25) is 0 Å². The first-order valence-corrected chi connectivity index (χ1v) is 6.74. The number of aliphatic hydroxyl groups excluding tert-OH is 1. The van der Waals surface area contributed by atoms with E-state index in [2.05, 4.69) is 15.4 Å². The number of cyclic esters (lactones) is 1. The highest BCUT2D eigenvalue weighted by molar-refractivity contribution is 5.77.